The Morgan fingerprint density at radius 2 is 2.32 bits per heavy atom. The molecule has 1 aromatic heterocycles. The van der Waals surface area contributed by atoms with Crippen LogP contribution in [0.15, 0.2) is 6.20 Å². The highest BCUT2D eigenvalue weighted by Crippen LogP contribution is 2.17. The summed E-state index contributed by atoms with van der Waals surface area (Å²) in [6.45, 7) is 1.36. The molecule has 0 unspecified atom stereocenters. The highest BCUT2D eigenvalue weighted by atomic mass is 32.2. The molecule has 19 heavy (non-hydrogen) atoms. The van der Waals surface area contributed by atoms with Crippen LogP contribution in [0.2, 0.25) is 0 Å². The lowest BCUT2D eigenvalue weighted by atomic mass is 10.1. The molecule has 0 radical (unpaired) electrons. The molecule has 7 heteroatoms. The van der Waals surface area contributed by atoms with Crippen LogP contribution in [0.5, 0.6) is 0 Å². The normalized spacial score (nSPS) is 13.9. The minimum Gasteiger partial charge on any atom is -0.481 e. The number of nitrogens with zero attached hydrogens (tertiary/aromatic N) is 2. The summed E-state index contributed by atoms with van der Waals surface area (Å²) in [5.41, 5.74) is 1.67. The van der Waals surface area contributed by atoms with Crippen molar-refractivity contribution < 1.29 is 14.7 Å². The average molecular weight is 283 g/mol. The van der Waals surface area contributed by atoms with Gasteiger partial charge < -0.3 is 10.4 Å². The first-order chi connectivity index (χ1) is 9.18. The zero-order valence-corrected chi connectivity index (χ0v) is 11.4. The molecule has 0 fully saturated rings. The van der Waals surface area contributed by atoms with Crippen LogP contribution in [-0.2, 0) is 17.8 Å². The molecule has 1 aromatic rings. The first kappa shape index (κ1) is 13.9. The Labute approximate surface area is 115 Å². The van der Waals surface area contributed by atoms with Gasteiger partial charge in [-0.15, -0.1) is 11.8 Å². The van der Waals surface area contributed by atoms with E-state index in [0.717, 1.165) is 31.5 Å². The number of hydrogen-bond acceptors (Lipinski definition) is 4. The van der Waals surface area contributed by atoms with E-state index in [1.807, 2.05) is 4.68 Å². The number of thioether (sulfide) groups is 1. The minimum atomic E-state index is -0.831. The van der Waals surface area contributed by atoms with Gasteiger partial charge >= 0.3 is 5.97 Å². The van der Waals surface area contributed by atoms with E-state index < -0.39 is 5.97 Å². The van der Waals surface area contributed by atoms with Crippen molar-refractivity contribution >= 4 is 23.6 Å². The Balaban J connectivity index is 1.80. The molecule has 0 saturated carbocycles. The molecular weight excluding hydrogens is 266 g/mol. The summed E-state index contributed by atoms with van der Waals surface area (Å²) >= 11 is 1.29. The molecule has 0 aliphatic carbocycles. The lowest BCUT2D eigenvalue weighted by Crippen LogP contribution is -2.27. The van der Waals surface area contributed by atoms with Gasteiger partial charge in [-0.05, 0) is 19.3 Å². The smallest absolute Gasteiger partial charge is 0.313 e. The maximum atomic E-state index is 12.0. The molecule has 0 spiro atoms. The van der Waals surface area contributed by atoms with Crippen LogP contribution in [0.3, 0.4) is 0 Å². The lowest BCUT2D eigenvalue weighted by molar-refractivity contribution is -0.133. The second-order valence-electron chi connectivity index (χ2n) is 4.39. The third-order valence-electron chi connectivity index (χ3n) is 2.98. The van der Waals surface area contributed by atoms with E-state index in [4.69, 9.17) is 5.11 Å². The van der Waals surface area contributed by atoms with Crippen LogP contribution in [0, 0.1) is 0 Å². The third-order valence-corrected chi connectivity index (χ3v) is 3.93. The fourth-order valence-electron chi connectivity index (χ4n) is 2.10. The van der Waals surface area contributed by atoms with Gasteiger partial charge in [0.25, 0.3) is 5.91 Å². The number of carbonyl (C=O) groups is 2. The number of aromatic nitrogens is 2. The molecule has 2 rings (SSSR count). The second kappa shape index (κ2) is 6.60. The number of fused-ring (bicyclic) bond motifs is 1. The number of carbonyl (C=O) groups excluding carboxylic acids is 1. The van der Waals surface area contributed by atoms with E-state index in [9.17, 15) is 9.59 Å². The molecule has 0 saturated heterocycles. The summed E-state index contributed by atoms with van der Waals surface area (Å²) in [5, 5.41) is 15.5. The van der Waals surface area contributed by atoms with Crippen LogP contribution in [0.1, 0.15) is 28.9 Å². The van der Waals surface area contributed by atoms with Gasteiger partial charge in [0.05, 0.1) is 23.2 Å². The molecule has 2 heterocycles. The van der Waals surface area contributed by atoms with Crippen molar-refractivity contribution in [3.8, 4) is 0 Å². The summed E-state index contributed by atoms with van der Waals surface area (Å²) in [5.74, 6) is -0.276. The number of hydrogen-bond donors (Lipinski definition) is 2. The summed E-state index contributed by atoms with van der Waals surface area (Å²) in [7, 11) is 0. The van der Waals surface area contributed by atoms with Crippen molar-refractivity contribution in [3.05, 3.63) is 17.5 Å². The summed E-state index contributed by atoms with van der Waals surface area (Å²) in [6, 6.07) is 0. The number of aryl methyl sites for hydroxylation is 1. The predicted octanol–water partition coefficient (Wildman–Crippen LogP) is 0.767. The fraction of sp³-hybridized carbons (Fsp3) is 0.583. The maximum Gasteiger partial charge on any atom is 0.313 e. The Kier molecular flexibility index (Phi) is 4.84. The Morgan fingerprint density at radius 3 is 3.11 bits per heavy atom. The molecule has 2 N–H and O–H groups in total. The van der Waals surface area contributed by atoms with Crippen LogP contribution in [0.4, 0.5) is 0 Å². The molecule has 1 aliphatic heterocycles. The number of rotatable bonds is 6. The van der Waals surface area contributed by atoms with Gasteiger partial charge in [0.15, 0.2) is 0 Å². The monoisotopic (exact) mass is 283 g/mol. The first-order valence-electron chi connectivity index (χ1n) is 6.31. The molecule has 0 atom stereocenters. The van der Waals surface area contributed by atoms with Crippen molar-refractivity contribution in [2.75, 3.05) is 18.1 Å². The van der Waals surface area contributed by atoms with Gasteiger partial charge in [-0.3, -0.25) is 14.3 Å². The molecule has 0 aromatic carbocycles. The Morgan fingerprint density at radius 1 is 1.47 bits per heavy atom. The first-order valence-corrected chi connectivity index (χ1v) is 7.46. The van der Waals surface area contributed by atoms with Crippen LogP contribution >= 0.6 is 11.8 Å². The molecular formula is C12H17N3O3S. The number of carboxylic acids is 1. The van der Waals surface area contributed by atoms with Crippen molar-refractivity contribution in [2.45, 2.75) is 25.8 Å². The zero-order chi connectivity index (χ0) is 13.7. The number of amides is 1. The van der Waals surface area contributed by atoms with Crippen LogP contribution in [-0.4, -0.2) is 44.8 Å². The van der Waals surface area contributed by atoms with E-state index in [1.165, 1.54) is 11.8 Å². The zero-order valence-electron chi connectivity index (χ0n) is 10.6. The Bertz CT molecular complexity index is 473. The average Bonchev–Trinajstić information content (AvgIpc) is 2.81. The predicted molar refractivity (Wildman–Crippen MR) is 72.5 cm³/mol. The van der Waals surface area contributed by atoms with Crippen molar-refractivity contribution in [2.24, 2.45) is 0 Å². The van der Waals surface area contributed by atoms with Gasteiger partial charge in [0.1, 0.15) is 0 Å². The van der Waals surface area contributed by atoms with Crippen molar-refractivity contribution in [1.82, 2.24) is 15.1 Å². The van der Waals surface area contributed by atoms with Crippen LogP contribution < -0.4 is 5.32 Å². The van der Waals surface area contributed by atoms with E-state index in [2.05, 4.69) is 10.4 Å². The van der Waals surface area contributed by atoms with Gasteiger partial charge in [0, 0.05) is 18.8 Å². The summed E-state index contributed by atoms with van der Waals surface area (Å²) in [6.07, 6.45) is 4.74. The van der Waals surface area contributed by atoms with Crippen molar-refractivity contribution in [3.63, 3.8) is 0 Å². The van der Waals surface area contributed by atoms with E-state index >= 15 is 0 Å². The van der Waals surface area contributed by atoms with Gasteiger partial charge in [-0.25, -0.2) is 0 Å². The minimum absolute atomic E-state index is 0.0685. The van der Waals surface area contributed by atoms with Crippen molar-refractivity contribution in [1.29, 1.82) is 0 Å². The highest BCUT2D eigenvalue weighted by molar-refractivity contribution is 7.99. The van der Waals surface area contributed by atoms with E-state index in [1.54, 1.807) is 6.20 Å². The third kappa shape index (κ3) is 3.73. The quantitative estimate of drug-likeness (QED) is 0.753. The summed E-state index contributed by atoms with van der Waals surface area (Å²) < 4.78 is 1.90. The van der Waals surface area contributed by atoms with Crippen LogP contribution in [0.25, 0.3) is 0 Å². The number of nitrogens with one attached hydrogen (secondary N) is 1. The molecule has 0 bridgehead atoms. The highest BCUT2D eigenvalue weighted by Gasteiger charge is 2.19. The van der Waals surface area contributed by atoms with E-state index in [0.29, 0.717) is 17.9 Å². The molecule has 1 aliphatic rings. The Hall–Kier alpha value is -1.50. The van der Waals surface area contributed by atoms with Gasteiger partial charge in [-0.1, -0.05) is 0 Å². The SMILES string of the molecule is O=C(O)CSCCNC(=O)c1cnn2c1CCCC2. The summed E-state index contributed by atoms with van der Waals surface area (Å²) in [4.78, 5) is 22.3. The molecule has 6 nitrogen and oxygen atoms in total. The van der Waals surface area contributed by atoms with Gasteiger partial charge in [0.2, 0.25) is 0 Å². The standard InChI is InChI=1S/C12H17N3O3S/c16-11(17)8-19-6-4-13-12(18)9-7-14-15-5-2-1-3-10(9)15/h7H,1-6,8H2,(H,13,18)(H,16,17). The largest absolute Gasteiger partial charge is 0.481 e. The maximum absolute atomic E-state index is 12.0. The molecule has 1 amide bonds. The number of carboxylic acid groups (broad SMARTS) is 1. The molecule has 104 valence electrons. The lowest BCUT2D eigenvalue weighted by Gasteiger charge is -2.14. The topological polar surface area (TPSA) is 84.2 Å². The number of aliphatic carboxylic acids is 1. The second-order valence-corrected chi connectivity index (χ2v) is 5.49. The fourth-order valence-corrected chi connectivity index (χ4v) is 2.67. The van der Waals surface area contributed by atoms with Gasteiger partial charge in [-0.2, -0.15) is 5.10 Å². The van der Waals surface area contributed by atoms with E-state index in [-0.39, 0.29) is 11.7 Å².